The van der Waals surface area contributed by atoms with Crippen molar-refractivity contribution in [1.29, 1.82) is 0 Å². The second kappa shape index (κ2) is 6.62. The molecule has 1 fully saturated rings. The second-order valence-electron chi connectivity index (χ2n) is 6.86. The first-order valence-corrected chi connectivity index (χ1v) is 9.09. The first kappa shape index (κ1) is 16.2. The molecule has 5 heterocycles. The lowest BCUT2D eigenvalue weighted by molar-refractivity contribution is 0.0722. The number of carbonyl (C=O) groups excluding carboxylic acids is 1. The highest BCUT2D eigenvalue weighted by atomic mass is 16.5. The topological polar surface area (TPSA) is 97.1 Å². The van der Waals surface area contributed by atoms with Gasteiger partial charge in [-0.1, -0.05) is 0 Å². The second-order valence-corrected chi connectivity index (χ2v) is 6.86. The molecule has 1 saturated heterocycles. The zero-order chi connectivity index (χ0) is 18.2. The maximum absolute atomic E-state index is 12.9. The van der Waals surface area contributed by atoms with E-state index in [0.29, 0.717) is 31.8 Å². The van der Waals surface area contributed by atoms with E-state index in [0.717, 1.165) is 41.6 Å². The summed E-state index contributed by atoms with van der Waals surface area (Å²) in [6.07, 6.45) is 5.02. The summed E-state index contributed by atoms with van der Waals surface area (Å²) >= 11 is 0. The molecule has 1 amide bonds. The minimum Gasteiger partial charge on any atom is -0.445 e. The molecule has 0 spiro atoms. The number of H-pyrrole nitrogens is 1. The highest BCUT2D eigenvalue weighted by Gasteiger charge is 2.30. The van der Waals surface area contributed by atoms with Gasteiger partial charge in [-0.3, -0.25) is 14.9 Å². The van der Waals surface area contributed by atoms with E-state index in [1.807, 2.05) is 12.1 Å². The Hall–Kier alpha value is -3.00. The van der Waals surface area contributed by atoms with Gasteiger partial charge >= 0.3 is 0 Å². The molecule has 3 aromatic heterocycles. The predicted octanol–water partition coefficient (Wildman–Crippen LogP) is 2.16. The number of amides is 1. The molecule has 0 aromatic carbocycles. The lowest BCUT2D eigenvalue weighted by atomic mass is 10.1. The van der Waals surface area contributed by atoms with Gasteiger partial charge in [0, 0.05) is 37.5 Å². The third-order valence-electron chi connectivity index (χ3n) is 5.09. The molecular formula is C19H19N5O3. The highest BCUT2D eigenvalue weighted by molar-refractivity contribution is 5.93. The number of pyridine rings is 1. The number of ether oxygens (including phenoxy) is 1. The smallest absolute Gasteiger partial charge is 0.272 e. The minimum absolute atomic E-state index is 0.0813. The van der Waals surface area contributed by atoms with Crippen LogP contribution in [-0.4, -0.2) is 50.7 Å². The van der Waals surface area contributed by atoms with Gasteiger partial charge in [-0.05, 0) is 24.6 Å². The Balaban J connectivity index is 1.33. The lowest BCUT2D eigenvalue weighted by Crippen LogP contribution is -2.36. The van der Waals surface area contributed by atoms with Crippen LogP contribution in [0, 0.1) is 0 Å². The summed E-state index contributed by atoms with van der Waals surface area (Å²) in [5.74, 6) is 1.79. The zero-order valence-electron chi connectivity index (χ0n) is 14.7. The summed E-state index contributed by atoms with van der Waals surface area (Å²) < 4.78 is 11.4. The van der Waals surface area contributed by atoms with Crippen LogP contribution in [0.2, 0.25) is 0 Å². The third-order valence-corrected chi connectivity index (χ3v) is 5.09. The molecular weight excluding hydrogens is 346 g/mol. The van der Waals surface area contributed by atoms with E-state index in [1.54, 1.807) is 23.4 Å². The fourth-order valence-electron chi connectivity index (χ4n) is 3.57. The Bertz CT molecular complexity index is 959. The molecule has 0 saturated carbocycles. The van der Waals surface area contributed by atoms with Crippen LogP contribution < -0.4 is 0 Å². The molecule has 2 aliphatic heterocycles. The molecule has 1 atom stereocenters. The van der Waals surface area contributed by atoms with Gasteiger partial charge in [0.15, 0.2) is 5.89 Å². The predicted molar refractivity (Wildman–Crippen MR) is 94.9 cm³/mol. The Morgan fingerprint density at radius 3 is 3.00 bits per heavy atom. The Kier molecular flexibility index (Phi) is 3.97. The molecule has 0 radical (unpaired) electrons. The molecule has 27 heavy (non-hydrogen) atoms. The number of aromatic amines is 1. The van der Waals surface area contributed by atoms with Gasteiger partial charge in [0.25, 0.3) is 5.91 Å². The number of hydrogen-bond donors (Lipinski definition) is 1. The summed E-state index contributed by atoms with van der Waals surface area (Å²) in [7, 11) is 0. The van der Waals surface area contributed by atoms with Gasteiger partial charge in [0.1, 0.15) is 17.1 Å². The maximum Gasteiger partial charge on any atom is 0.272 e. The molecule has 1 N–H and O–H groups in total. The first-order valence-electron chi connectivity index (χ1n) is 9.09. The SMILES string of the molecule is O=C(c1cc(-c2ccncc2)n[nH]1)N1CCc2oc(C3CCOC3)nc2C1. The van der Waals surface area contributed by atoms with E-state index in [1.165, 1.54) is 0 Å². The van der Waals surface area contributed by atoms with E-state index in [2.05, 4.69) is 20.2 Å². The molecule has 5 rings (SSSR count). The summed E-state index contributed by atoms with van der Waals surface area (Å²) in [5, 5.41) is 7.11. The van der Waals surface area contributed by atoms with E-state index in [9.17, 15) is 4.79 Å². The number of fused-ring (bicyclic) bond motifs is 1. The van der Waals surface area contributed by atoms with Crippen LogP contribution in [0.5, 0.6) is 0 Å². The van der Waals surface area contributed by atoms with Gasteiger partial charge in [-0.2, -0.15) is 5.10 Å². The van der Waals surface area contributed by atoms with Gasteiger partial charge in [0.05, 0.1) is 24.8 Å². The summed E-state index contributed by atoms with van der Waals surface area (Å²) in [5.41, 5.74) is 2.97. The molecule has 3 aromatic rings. The highest BCUT2D eigenvalue weighted by Crippen LogP contribution is 2.29. The molecule has 138 valence electrons. The van der Waals surface area contributed by atoms with E-state index >= 15 is 0 Å². The van der Waals surface area contributed by atoms with Crippen molar-refractivity contribution in [3.05, 3.63) is 53.6 Å². The van der Waals surface area contributed by atoms with Crippen LogP contribution in [0.4, 0.5) is 0 Å². The number of aromatic nitrogens is 4. The average Bonchev–Trinajstić information content (AvgIpc) is 3.47. The van der Waals surface area contributed by atoms with Crippen molar-refractivity contribution in [3.63, 3.8) is 0 Å². The van der Waals surface area contributed by atoms with Crippen molar-refractivity contribution in [3.8, 4) is 11.3 Å². The van der Waals surface area contributed by atoms with E-state index < -0.39 is 0 Å². The fourth-order valence-corrected chi connectivity index (χ4v) is 3.57. The van der Waals surface area contributed by atoms with Crippen molar-refractivity contribution >= 4 is 5.91 Å². The molecule has 1 unspecified atom stereocenters. The maximum atomic E-state index is 12.9. The van der Waals surface area contributed by atoms with Crippen molar-refractivity contribution in [2.75, 3.05) is 19.8 Å². The van der Waals surface area contributed by atoms with E-state index in [-0.39, 0.29) is 11.8 Å². The molecule has 0 aliphatic carbocycles. The van der Waals surface area contributed by atoms with Crippen LogP contribution >= 0.6 is 0 Å². The number of carbonyl (C=O) groups is 1. The number of nitrogens with one attached hydrogen (secondary N) is 1. The Morgan fingerprint density at radius 2 is 2.19 bits per heavy atom. The van der Waals surface area contributed by atoms with Gasteiger partial charge < -0.3 is 14.1 Å². The number of rotatable bonds is 3. The summed E-state index contributed by atoms with van der Waals surface area (Å²) in [6.45, 7) is 2.47. The Morgan fingerprint density at radius 1 is 1.30 bits per heavy atom. The minimum atomic E-state index is -0.0813. The van der Waals surface area contributed by atoms with Crippen LogP contribution in [0.3, 0.4) is 0 Å². The van der Waals surface area contributed by atoms with Crippen molar-refractivity contribution < 1.29 is 13.9 Å². The van der Waals surface area contributed by atoms with Crippen LogP contribution in [0.25, 0.3) is 11.3 Å². The van der Waals surface area contributed by atoms with Gasteiger partial charge in [0.2, 0.25) is 0 Å². The molecule has 0 bridgehead atoms. The average molecular weight is 365 g/mol. The largest absolute Gasteiger partial charge is 0.445 e. The van der Waals surface area contributed by atoms with Crippen LogP contribution in [-0.2, 0) is 17.7 Å². The Labute approximate surface area is 155 Å². The van der Waals surface area contributed by atoms with Crippen LogP contribution in [0.15, 0.2) is 35.0 Å². The first-order chi connectivity index (χ1) is 13.3. The number of oxazole rings is 1. The van der Waals surface area contributed by atoms with Gasteiger partial charge in [-0.15, -0.1) is 0 Å². The third kappa shape index (κ3) is 3.02. The van der Waals surface area contributed by atoms with Crippen LogP contribution in [0.1, 0.15) is 40.2 Å². The molecule has 2 aliphatic rings. The summed E-state index contributed by atoms with van der Waals surface area (Å²) in [4.78, 5) is 23.3. The van der Waals surface area contributed by atoms with E-state index in [4.69, 9.17) is 9.15 Å². The van der Waals surface area contributed by atoms with Crippen molar-refractivity contribution in [1.82, 2.24) is 25.1 Å². The fraction of sp³-hybridized carbons (Fsp3) is 0.368. The lowest BCUT2D eigenvalue weighted by Gasteiger charge is -2.24. The quantitative estimate of drug-likeness (QED) is 0.764. The van der Waals surface area contributed by atoms with Crippen molar-refractivity contribution in [2.45, 2.75) is 25.3 Å². The monoisotopic (exact) mass is 365 g/mol. The molecule has 8 nitrogen and oxygen atoms in total. The molecule has 8 heteroatoms. The zero-order valence-corrected chi connectivity index (χ0v) is 14.7. The standard InChI is InChI=1S/C19H19N5O3/c25-19(15-9-14(22-23-15)12-1-5-20-6-2-12)24-7-3-17-16(10-24)21-18(27-17)13-4-8-26-11-13/h1-2,5-6,9,13H,3-4,7-8,10-11H2,(H,22,23). The number of hydrogen-bond acceptors (Lipinski definition) is 6. The normalized spacial score (nSPS) is 19.3. The summed E-state index contributed by atoms with van der Waals surface area (Å²) in [6, 6.07) is 5.50. The van der Waals surface area contributed by atoms with Gasteiger partial charge in [-0.25, -0.2) is 4.98 Å². The number of nitrogens with zero attached hydrogens (tertiary/aromatic N) is 4. The van der Waals surface area contributed by atoms with Crippen molar-refractivity contribution in [2.24, 2.45) is 0 Å².